The van der Waals surface area contributed by atoms with Crippen LogP contribution >= 0.6 is 23.4 Å². The number of carbonyl (C=O) groups is 1. The van der Waals surface area contributed by atoms with Crippen molar-refractivity contribution in [2.75, 3.05) is 13.1 Å². The van der Waals surface area contributed by atoms with Crippen molar-refractivity contribution in [1.82, 2.24) is 9.80 Å². The zero-order valence-electron chi connectivity index (χ0n) is 17.7. The SMILES string of the molecule is O=C(C1=C(Cl)N2C=C(c3ccoc3)C=C(C(F)(F)F)C2=C=C1)N1CC=C(C2=CSC=CC2)CC1. The van der Waals surface area contributed by atoms with Crippen molar-refractivity contribution in [3.8, 4) is 0 Å². The lowest BCUT2D eigenvalue weighted by molar-refractivity contribution is -0.126. The molecular formula is C25H18ClF3N2O2S. The van der Waals surface area contributed by atoms with Crippen LogP contribution in [0.3, 0.4) is 0 Å². The highest BCUT2D eigenvalue weighted by molar-refractivity contribution is 8.05. The minimum Gasteiger partial charge on any atom is -0.472 e. The second-order valence-electron chi connectivity index (χ2n) is 7.95. The van der Waals surface area contributed by atoms with Crippen molar-refractivity contribution in [3.63, 3.8) is 0 Å². The molecule has 0 aliphatic carbocycles. The molecule has 0 saturated heterocycles. The molecule has 5 rings (SSSR count). The number of alkyl halides is 3. The fourth-order valence-electron chi connectivity index (χ4n) is 4.10. The summed E-state index contributed by atoms with van der Waals surface area (Å²) in [5.41, 5.74) is 4.78. The van der Waals surface area contributed by atoms with Crippen LogP contribution in [0.2, 0.25) is 0 Å². The van der Waals surface area contributed by atoms with Gasteiger partial charge in [-0.3, -0.25) is 9.69 Å². The van der Waals surface area contributed by atoms with Gasteiger partial charge in [0.05, 0.1) is 23.7 Å². The second-order valence-corrected chi connectivity index (χ2v) is 9.09. The van der Waals surface area contributed by atoms with Crippen LogP contribution < -0.4 is 0 Å². The predicted molar refractivity (Wildman–Crippen MR) is 126 cm³/mol. The van der Waals surface area contributed by atoms with Gasteiger partial charge in [0.1, 0.15) is 10.9 Å². The van der Waals surface area contributed by atoms with Gasteiger partial charge >= 0.3 is 6.18 Å². The van der Waals surface area contributed by atoms with E-state index in [-0.39, 0.29) is 27.9 Å². The molecule has 0 spiro atoms. The largest absolute Gasteiger partial charge is 0.472 e. The van der Waals surface area contributed by atoms with Crippen LogP contribution in [0, 0.1) is 0 Å². The maximum Gasteiger partial charge on any atom is 0.419 e. The molecule has 0 bridgehead atoms. The molecule has 1 aromatic rings. The van der Waals surface area contributed by atoms with E-state index in [2.05, 4.69) is 17.2 Å². The van der Waals surface area contributed by atoms with E-state index in [0.717, 1.165) is 12.5 Å². The fraction of sp³-hybridized carbons (Fsp3) is 0.200. The molecule has 9 heteroatoms. The molecule has 1 aromatic heterocycles. The van der Waals surface area contributed by atoms with E-state index in [1.807, 2.05) is 11.5 Å². The van der Waals surface area contributed by atoms with Crippen LogP contribution in [0.4, 0.5) is 13.2 Å². The number of nitrogens with zero attached hydrogens (tertiary/aromatic N) is 2. The molecule has 1 amide bonds. The minimum atomic E-state index is -4.63. The molecule has 4 aliphatic rings. The Morgan fingerprint density at radius 3 is 2.76 bits per heavy atom. The number of rotatable bonds is 3. The Hall–Kier alpha value is -3.06. The predicted octanol–water partition coefficient (Wildman–Crippen LogP) is 6.62. The van der Waals surface area contributed by atoms with Gasteiger partial charge < -0.3 is 9.32 Å². The van der Waals surface area contributed by atoms with Crippen LogP contribution in [-0.2, 0) is 4.79 Å². The van der Waals surface area contributed by atoms with Gasteiger partial charge in [-0.25, -0.2) is 0 Å². The molecule has 0 aromatic carbocycles. The lowest BCUT2D eigenvalue weighted by atomic mass is 9.97. The number of hydrogen-bond acceptors (Lipinski definition) is 4. The van der Waals surface area contributed by atoms with Gasteiger partial charge in [0.15, 0.2) is 0 Å². The molecule has 4 nitrogen and oxygen atoms in total. The van der Waals surface area contributed by atoms with Crippen LogP contribution in [0.5, 0.6) is 0 Å². The molecule has 174 valence electrons. The Morgan fingerprint density at radius 1 is 1.26 bits per heavy atom. The normalized spacial score (nSPS) is 20.4. The first-order valence-electron chi connectivity index (χ1n) is 10.5. The van der Waals surface area contributed by atoms with E-state index in [1.165, 1.54) is 40.8 Å². The lowest BCUT2D eigenvalue weighted by Gasteiger charge is -2.33. The molecule has 5 heterocycles. The van der Waals surface area contributed by atoms with E-state index >= 15 is 0 Å². The summed E-state index contributed by atoms with van der Waals surface area (Å²) in [6, 6.07) is 1.56. The average Bonchev–Trinajstić information content (AvgIpc) is 3.39. The summed E-state index contributed by atoms with van der Waals surface area (Å²) in [5, 5.41) is 4.06. The monoisotopic (exact) mass is 502 g/mol. The molecular weight excluding hydrogens is 485 g/mol. The Labute approximate surface area is 203 Å². The number of halogens is 4. The van der Waals surface area contributed by atoms with E-state index in [1.54, 1.807) is 22.7 Å². The van der Waals surface area contributed by atoms with Crippen LogP contribution in [-0.4, -0.2) is 35.0 Å². The third kappa shape index (κ3) is 4.25. The first-order valence-corrected chi connectivity index (χ1v) is 11.8. The molecule has 0 fully saturated rings. The number of fused-ring (bicyclic) bond motifs is 1. The molecule has 4 aliphatic heterocycles. The van der Waals surface area contributed by atoms with E-state index in [0.29, 0.717) is 25.1 Å². The standard InChI is InChI=1S/C25H18ClF3N2O2S/c26-23-20(24(32)30-8-5-16(6-9-30)18-2-1-11-34-15-18)3-4-22-21(25(27,28)29)12-19(13-31(22)23)17-7-10-33-14-17/h1,3,5,7,10-15H,2,6,8-9H2. The van der Waals surface area contributed by atoms with Crippen molar-refractivity contribution in [1.29, 1.82) is 0 Å². The third-order valence-electron chi connectivity index (χ3n) is 5.87. The smallest absolute Gasteiger partial charge is 0.419 e. The molecule has 0 N–H and O–H groups in total. The first-order chi connectivity index (χ1) is 16.3. The van der Waals surface area contributed by atoms with Gasteiger partial charge in [0, 0.05) is 30.4 Å². The highest BCUT2D eigenvalue weighted by Crippen LogP contribution is 2.43. The lowest BCUT2D eigenvalue weighted by Crippen LogP contribution is -2.37. The maximum atomic E-state index is 13.8. The van der Waals surface area contributed by atoms with Gasteiger partial charge in [-0.15, -0.1) is 11.8 Å². The van der Waals surface area contributed by atoms with Crippen LogP contribution in [0.25, 0.3) is 5.57 Å². The number of hydrogen-bond donors (Lipinski definition) is 0. The topological polar surface area (TPSA) is 36.7 Å². The number of carbonyl (C=O) groups excluding carboxylic acids is 1. The highest BCUT2D eigenvalue weighted by Gasteiger charge is 2.42. The number of thioether (sulfide) groups is 1. The molecule has 34 heavy (non-hydrogen) atoms. The molecule has 0 unspecified atom stereocenters. The summed E-state index contributed by atoms with van der Waals surface area (Å²) in [4.78, 5) is 16.1. The van der Waals surface area contributed by atoms with E-state index < -0.39 is 11.7 Å². The average molecular weight is 503 g/mol. The van der Waals surface area contributed by atoms with Gasteiger partial charge in [0.25, 0.3) is 5.91 Å². The zero-order valence-corrected chi connectivity index (χ0v) is 19.3. The van der Waals surface area contributed by atoms with Gasteiger partial charge in [0.2, 0.25) is 0 Å². The Balaban J connectivity index is 1.44. The van der Waals surface area contributed by atoms with Crippen molar-refractivity contribution < 1.29 is 22.4 Å². The minimum absolute atomic E-state index is 0.0964. The number of furan rings is 1. The zero-order chi connectivity index (χ0) is 23.9. The Kier molecular flexibility index (Phi) is 5.98. The van der Waals surface area contributed by atoms with Crippen LogP contribution in [0.15, 0.2) is 103 Å². The quantitative estimate of drug-likeness (QED) is 0.344. The summed E-state index contributed by atoms with van der Waals surface area (Å²) in [7, 11) is 0. The number of amides is 1. The summed E-state index contributed by atoms with van der Waals surface area (Å²) in [5.74, 6) is -0.347. The summed E-state index contributed by atoms with van der Waals surface area (Å²) < 4.78 is 46.5. The third-order valence-corrected chi connectivity index (χ3v) is 7.03. The van der Waals surface area contributed by atoms with Crippen molar-refractivity contribution in [2.24, 2.45) is 0 Å². The van der Waals surface area contributed by atoms with Crippen molar-refractivity contribution in [3.05, 3.63) is 104 Å². The van der Waals surface area contributed by atoms with Crippen molar-refractivity contribution in [2.45, 2.75) is 19.0 Å². The van der Waals surface area contributed by atoms with Crippen LogP contribution in [0.1, 0.15) is 18.4 Å². The molecule has 0 atom stereocenters. The molecule has 0 radical (unpaired) electrons. The Bertz CT molecular complexity index is 1290. The number of allylic oxidation sites excluding steroid dienone is 4. The van der Waals surface area contributed by atoms with E-state index in [4.69, 9.17) is 16.0 Å². The van der Waals surface area contributed by atoms with E-state index in [9.17, 15) is 18.0 Å². The fourth-order valence-corrected chi connectivity index (χ4v) is 5.07. The first kappa shape index (κ1) is 22.7. The summed E-state index contributed by atoms with van der Waals surface area (Å²) in [6.07, 6.45) is 7.53. The van der Waals surface area contributed by atoms with Gasteiger partial charge in [-0.05, 0) is 53.0 Å². The maximum absolute atomic E-state index is 13.8. The van der Waals surface area contributed by atoms with Gasteiger partial charge in [-0.1, -0.05) is 29.5 Å². The second kappa shape index (κ2) is 8.95. The molecule has 0 saturated carbocycles. The van der Waals surface area contributed by atoms with Crippen molar-refractivity contribution >= 4 is 34.8 Å². The Morgan fingerprint density at radius 2 is 2.12 bits per heavy atom. The highest BCUT2D eigenvalue weighted by atomic mass is 35.5. The summed E-state index contributed by atoms with van der Waals surface area (Å²) in [6.45, 7) is 0.903. The van der Waals surface area contributed by atoms with Gasteiger partial charge in [-0.2, -0.15) is 13.2 Å². The summed E-state index contributed by atoms with van der Waals surface area (Å²) >= 11 is 8.16.